The largest absolute Gasteiger partial charge is 0.353 e. The molecule has 0 unspecified atom stereocenters. The third kappa shape index (κ3) is 3.82. The van der Waals surface area contributed by atoms with Gasteiger partial charge in [-0.2, -0.15) is 0 Å². The standard InChI is InChI=1S/C18H23N3O2S2/c1-4-9-21-17(23)15-11(2)12(3)25-16(15)20-18(21)24-10-14(22)19-13-7-5-6-8-13/h4,13H,1,5-10H2,2-3H3,(H,19,22). The highest BCUT2D eigenvalue weighted by Crippen LogP contribution is 2.28. The molecule has 0 spiro atoms. The van der Waals surface area contributed by atoms with Crippen LogP contribution in [0, 0.1) is 13.8 Å². The predicted molar refractivity (Wildman–Crippen MR) is 105 cm³/mol. The van der Waals surface area contributed by atoms with Crippen molar-refractivity contribution in [2.75, 3.05) is 5.75 Å². The number of nitrogens with one attached hydrogen (secondary N) is 1. The van der Waals surface area contributed by atoms with Crippen LogP contribution in [0.3, 0.4) is 0 Å². The molecule has 3 rings (SSSR count). The maximum Gasteiger partial charge on any atom is 0.263 e. The van der Waals surface area contributed by atoms with Crippen molar-refractivity contribution in [3.05, 3.63) is 33.4 Å². The number of fused-ring (bicyclic) bond motifs is 1. The molecule has 1 saturated carbocycles. The Kier molecular flexibility index (Phi) is 5.64. The summed E-state index contributed by atoms with van der Waals surface area (Å²) in [5.41, 5.74) is 0.941. The van der Waals surface area contributed by atoms with E-state index < -0.39 is 0 Å². The second-order valence-electron chi connectivity index (χ2n) is 6.40. The molecule has 1 aliphatic carbocycles. The minimum atomic E-state index is -0.0505. The highest BCUT2D eigenvalue weighted by molar-refractivity contribution is 7.99. The molecule has 25 heavy (non-hydrogen) atoms. The van der Waals surface area contributed by atoms with Gasteiger partial charge in [-0.25, -0.2) is 4.98 Å². The highest BCUT2D eigenvalue weighted by Gasteiger charge is 2.19. The van der Waals surface area contributed by atoms with E-state index in [0.29, 0.717) is 23.1 Å². The average molecular weight is 378 g/mol. The molecule has 1 amide bonds. The Morgan fingerprint density at radius 3 is 2.84 bits per heavy atom. The van der Waals surface area contributed by atoms with Crippen LogP contribution in [0.2, 0.25) is 0 Å². The number of hydrogen-bond donors (Lipinski definition) is 1. The third-order valence-corrected chi connectivity index (χ3v) is 6.70. The summed E-state index contributed by atoms with van der Waals surface area (Å²) in [7, 11) is 0. The molecule has 2 aromatic heterocycles. The molecule has 5 nitrogen and oxygen atoms in total. The SMILES string of the molecule is C=CCn1c(SCC(=O)NC2CCCC2)nc2sc(C)c(C)c2c1=O. The van der Waals surface area contributed by atoms with Crippen LogP contribution in [0.1, 0.15) is 36.1 Å². The van der Waals surface area contributed by atoms with Gasteiger partial charge in [0.2, 0.25) is 5.91 Å². The van der Waals surface area contributed by atoms with Crippen molar-refractivity contribution in [2.24, 2.45) is 0 Å². The van der Waals surface area contributed by atoms with Crippen molar-refractivity contribution in [1.29, 1.82) is 0 Å². The number of aromatic nitrogens is 2. The second-order valence-corrected chi connectivity index (χ2v) is 8.55. The van der Waals surface area contributed by atoms with Gasteiger partial charge < -0.3 is 5.32 Å². The summed E-state index contributed by atoms with van der Waals surface area (Å²) >= 11 is 2.85. The summed E-state index contributed by atoms with van der Waals surface area (Å²) in [5, 5.41) is 4.34. The lowest BCUT2D eigenvalue weighted by molar-refractivity contribution is -0.119. The van der Waals surface area contributed by atoms with E-state index in [1.807, 2.05) is 13.8 Å². The first-order valence-electron chi connectivity index (χ1n) is 8.55. The molecular weight excluding hydrogens is 354 g/mol. The number of amides is 1. The van der Waals surface area contributed by atoms with Crippen molar-refractivity contribution >= 4 is 39.2 Å². The van der Waals surface area contributed by atoms with Crippen molar-refractivity contribution in [1.82, 2.24) is 14.9 Å². The predicted octanol–water partition coefficient (Wildman–Crippen LogP) is 3.41. The number of rotatable bonds is 6. The topological polar surface area (TPSA) is 64.0 Å². The molecule has 1 fully saturated rings. The number of hydrogen-bond acceptors (Lipinski definition) is 5. The van der Waals surface area contributed by atoms with Gasteiger partial charge >= 0.3 is 0 Å². The van der Waals surface area contributed by atoms with Gasteiger partial charge in [-0.05, 0) is 32.3 Å². The van der Waals surface area contributed by atoms with E-state index in [4.69, 9.17) is 0 Å². The Morgan fingerprint density at radius 2 is 2.16 bits per heavy atom. The van der Waals surface area contributed by atoms with E-state index >= 15 is 0 Å². The van der Waals surface area contributed by atoms with E-state index in [0.717, 1.165) is 28.1 Å². The second kappa shape index (κ2) is 7.74. The van der Waals surface area contributed by atoms with Crippen LogP contribution < -0.4 is 10.9 Å². The van der Waals surface area contributed by atoms with E-state index in [-0.39, 0.29) is 17.2 Å². The Labute approximate surface area is 155 Å². The zero-order valence-corrected chi connectivity index (χ0v) is 16.3. The Hall–Kier alpha value is -1.60. The first kappa shape index (κ1) is 18.2. The number of thioether (sulfide) groups is 1. The first-order valence-corrected chi connectivity index (χ1v) is 10.3. The lowest BCUT2D eigenvalue weighted by Gasteiger charge is -2.13. The summed E-state index contributed by atoms with van der Waals surface area (Å²) in [5.74, 6) is 0.282. The fraction of sp³-hybridized carbons (Fsp3) is 0.500. The van der Waals surface area contributed by atoms with Crippen molar-refractivity contribution in [3.63, 3.8) is 0 Å². The third-order valence-electron chi connectivity index (χ3n) is 4.62. The quantitative estimate of drug-likeness (QED) is 0.476. The number of thiophene rings is 1. The van der Waals surface area contributed by atoms with E-state index in [1.54, 1.807) is 10.6 Å². The maximum absolute atomic E-state index is 12.9. The minimum Gasteiger partial charge on any atom is -0.353 e. The Bertz CT molecular complexity index is 863. The molecule has 0 aliphatic heterocycles. The van der Waals surface area contributed by atoms with Crippen molar-refractivity contribution in [2.45, 2.75) is 57.3 Å². The monoisotopic (exact) mass is 377 g/mol. The summed E-state index contributed by atoms with van der Waals surface area (Å²) in [6, 6.07) is 0.307. The van der Waals surface area contributed by atoms with Crippen molar-refractivity contribution < 1.29 is 4.79 Å². The Morgan fingerprint density at radius 1 is 1.44 bits per heavy atom. The molecule has 0 bridgehead atoms. The zero-order valence-electron chi connectivity index (χ0n) is 14.6. The Balaban J connectivity index is 1.84. The summed E-state index contributed by atoms with van der Waals surface area (Å²) < 4.78 is 1.61. The fourth-order valence-corrected chi connectivity index (χ4v) is 5.07. The van der Waals surface area contributed by atoms with Crippen LogP contribution in [-0.2, 0) is 11.3 Å². The van der Waals surface area contributed by atoms with E-state index in [9.17, 15) is 9.59 Å². The van der Waals surface area contributed by atoms with Gasteiger partial charge in [0.25, 0.3) is 5.56 Å². The first-order chi connectivity index (χ1) is 12.0. The van der Waals surface area contributed by atoms with Gasteiger partial charge in [0.15, 0.2) is 5.16 Å². The summed E-state index contributed by atoms with van der Waals surface area (Å²) in [4.78, 5) is 31.6. The van der Waals surface area contributed by atoms with Gasteiger partial charge in [0.05, 0.1) is 11.1 Å². The minimum absolute atomic E-state index is 0.00920. The smallest absolute Gasteiger partial charge is 0.263 e. The van der Waals surface area contributed by atoms with Crippen LogP contribution in [0.15, 0.2) is 22.6 Å². The highest BCUT2D eigenvalue weighted by atomic mass is 32.2. The van der Waals surface area contributed by atoms with Gasteiger partial charge in [-0.1, -0.05) is 30.7 Å². The zero-order chi connectivity index (χ0) is 18.0. The molecule has 7 heteroatoms. The molecule has 1 N–H and O–H groups in total. The number of carbonyl (C=O) groups is 1. The summed E-state index contributed by atoms with van der Waals surface area (Å²) in [6.45, 7) is 8.08. The van der Waals surface area contributed by atoms with Crippen LogP contribution in [0.4, 0.5) is 0 Å². The van der Waals surface area contributed by atoms with Crippen molar-refractivity contribution in [3.8, 4) is 0 Å². The summed E-state index contributed by atoms with van der Waals surface area (Å²) in [6.07, 6.45) is 6.19. The van der Waals surface area contributed by atoms with Gasteiger partial charge in [-0.15, -0.1) is 17.9 Å². The van der Waals surface area contributed by atoms with Gasteiger partial charge in [-0.3, -0.25) is 14.2 Å². The molecule has 0 aromatic carbocycles. The lowest BCUT2D eigenvalue weighted by Crippen LogP contribution is -2.34. The number of carbonyl (C=O) groups excluding carboxylic acids is 1. The number of nitrogens with zero attached hydrogens (tertiary/aromatic N) is 2. The van der Waals surface area contributed by atoms with Gasteiger partial charge in [0, 0.05) is 17.5 Å². The number of allylic oxidation sites excluding steroid dienone is 1. The average Bonchev–Trinajstić information content (AvgIpc) is 3.17. The number of aryl methyl sites for hydroxylation is 2. The lowest BCUT2D eigenvalue weighted by atomic mass is 10.2. The molecule has 0 saturated heterocycles. The molecule has 0 radical (unpaired) electrons. The molecule has 2 aromatic rings. The molecule has 1 aliphatic rings. The molecular formula is C18H23N3O2S2. The normalized spacial score (nSPS) is 15.0. The fourth-order valence-electron chi connectivity index (χ4n) is 3.18. The molecule has 0 atom stereocenters. The van der Waals surface area contributed by atoms with Crippen LogP contribution in [-0.4, -0.2) is 27.3 Å². The van der Waals surface area contributed by atoms with Crippen LogP contribution in [0.5, 0.6) is 0 Å². The maximum atomic E-state index is 12.9. The van der Waals surface area contributed by atoms with Crippen LogP contribution >= 0.6 is 23.1 Å². The van der Waals surface area contributed by atoms with Gasteiger partial charge in [0.1, 0.15) is 4.83 Å². The van der Waals surface area contributed by atoms with E-state index in [1.165, 1.54) is 35.9 Å². The molecule has 2 heterocycles. The van der Waals surface area contributed by atoms with Crippen LogP contribution in [0.25, 0.3) is 10.2 Å². The van der Waals surface area contributed by atoms with E-state index in [2.05, 4.69) is 16.9 Å². The molecule has 134 valence electrons.